The van der Waals surface area contributed by atoms with Crippen molar-refractivity contribution in [1.29, 1.82) is 0 Å². The monoisotopic (exact) mass is 447 g/mol. The van der Waals surface area contributed by atoms with Crippen LogP contribution in [-0.2, 0) is 11.3 Å². The number of ether oxygens (including phenoxy) is 1. The highest BCUT2D eigenvalue weighted by Crippen LogP contribution is 2.34. The number of nitrogens with one attached hydrogen (secondary N) is 1. The van der Waals surface area contributed by atoms with Crippen LogP contribution >= 0.6 is 0 Å². The average Bonchev–Trinajstić information content (AvgIpc) is 2.99. The Hall–Kier alpha value is -2.77. The molecule has 2 unspecified atom stereocenters. The number of aromatic nitrogens is 2. The normalized spacial score (nSPS) is 24.3. The van der Waals surface area contributed by atoms with Crippen LogP contribution in [0.4, 0.5) is 5.82 Å². The maximum atomic E-state index is 13.8. The molecule has 3 heterocycles. The van der Waals surface area contributed by atoms with Crippen LogP contribution in [0.5, 0.6) is 0 Å². The van der Waals surface area contributed by atoms with Gasteiger partial charge in [0, 0.05) is 38.4 Å². The number of amides is 1. The fourth-order valence-corrected chi connectivity index (χ4v) is 5.28. The number of hydrogen-bond donors (Lipinski definition) is 1. The van der Waals surface area contributed by atoms with Crippen LogP contribution in [0.25, 0.3) is 0 Å². The quantitative estimate of drug-likeness (QED) is 0.708. The molecule has 0 radical (unpaired) electrons. The molecule has 2 aromatic rings. The number of carbonyl (C=O) groups is 1. The SMILES string of the molecule is C=CC1CN(Cc2ccccc2)C(=O)c2cnc(C3CNCCO3)nc2N1C1CCCCC1. The number of hydrogen-bond acceptors (Lipinski definition) is 6. The summed E-state index contributed by atoms with van der Waals surface area (Å²) in [5, 5.41) is 3.35. The Labute approximate surface area is 195 Å². The molecule has 5 rings (SSSR count). The van der Waals surface area contributed by atoms with Crippen LogP contribution in [0.3, 0.4) is 0 Å². The minimum atomic E-state index is -0.196. The Kier molecular flexibility index (Phi) is 6.69. The second kappa shape index (κ2) is 10.0. The van der Waals surface area contributed by atoms with Crippen molar-refractivity contribution in [2.75, 3.05) is 31.1 Å². The standard InChI is InChI=1S/C26H33N5O2/c1-2-20-18-30(17-19-9-5-3-6-10-19)26(32)22-15-28-24(23-16-27-13-14-33-23)29-25(22)31(20)21-11-7-4-8-12-21/h2-3,5-6,9-10,15,20-21,23,27H,1,4,7-8,11-14,16-18H2. The van der Waals surface area contributed by atoms with E-state index in [1.54, 1.807) is 6.20 Å². The van der Waals surface area contributed by atoms with Gasteiger partial charge in [0.15, 0.2) is 5.82 Å². The fraction of sp³-hybridized carbons (Fsp3) is 0.500. The van der Waals surface area contributed by atoms with Gasteiger partial charge < -0.3 is 19.9 Å². The maximum Gasteiger partial charge on any atom is 0.259 e. The molecule has 2 atom stereocenters. The molecule has 1 aromatic carbocycles. The molecule has 2 aliphatic heterocycles. The summed E-state index contributed by atoms with van der Waals surface area (Å²) >= 11 is 0. The van der Waals surface area contributed by atoms with E-state index in [1.165, 1.54) is 19.3 Å². The second-order valence-corrected chi connectivity index (χ2v) is 9.20. The lowest BCUT2D eigenvalue weighted by Gasteiger charge is -2.40. The van der Waals surface area contributed by atoms with Crippen molar-refractivity contribution >= 4 is 11.7 Å². The highest BCUT2D eigenvalue weighted by Gasteiger charge is 2.37. The fourth-order valence-electron chi connectivity index (χ4n) is 5.28. The lowest BCUT2D eigenvalue weighted by atomic mass is 9.93. The number of carbonyl (C=O) groups excluding carboxylic acids is 1. The van der Waals surface area contributed by atoms with Crippen LogP contribution in [0.15, 0.2) is 49.2 Å². The summed E-state index contributed by atoms with van der Waals surface area (Å²) in [6.45, 7) is 7.46. The second-order valence-electron chi connectivity index (χ2n) is 9.20. The van der Waals surface area contributed by atoms with Gasteiger partial charge in [-0.2, -0.15) is 0 Å². The van der Waals surface area contributed by atoms with Gasteiger partial charge in [0.25, 0.3) is 5.91 Å². The lowest BCUT2D eigenvalue weighted by molar-refractivity contribution is 0.0221. The molecule has 174 valence electrons. The molecule has 1 N–H and O–H groups in total. The van der Waals surface area contributed by atoms with Crippen molar-refractivity contribution in [2.45, 2.75) is 56.8 Å². The molecule has 1 amide bonds. The molecule has 0 spiro atoms. The van der Waals surface area contributed by atoms with Crippen LogP contribution in [0.1, 0.15) is 60.0 Å². The van der Waals surface area contributed by atoms with Crippen LogP contribution < -0.4 is 10.2 Å². The summed E-state index contributed by atoms with van der Waals surface area (Å²) < 4.78 is 5.93. The largest absolute Gasteiger partial charge is 0.368 e. The molecular formula is C26H33N5O2. The topological polar surface area (TPSA) is 70.6 Å². The molecule has 1 saturated heterocycles. The molecule has 7 nitrogen and oxygen atoms in total. The van der Waals surface area contributed by atoms with Crippen molar-refractivity contribution in [3.63, 3.8) is 0 Å². The van der Waals surface area contributed by atoms with E-state index in [1.807, 2.05) is 29.2 Å². The Morgan fingerprint density at radius 3 is 2.73 bits per heavy atom. The van der Waals surface area contributed by atoms with Gasteiger partial charge in [0.1, 0.15) is 17.5 Å². The zero-order valence-electron chi connectivity index (χ0n) is 19.2. The van der Waals surface area contributed by atoms with Crippen molar-refractivity contribution in [2.24, 2.45) is 0 Å². The zero-order chi connectivity index (χ0) is 22.6. The first-order chi connectivity index (χ1) is 16.2. The predicted molar refractivity (Wildman–Crippen MR) is 128 cm³/mol. The first-order valence-corrected chi connectivity index (χ1v) is 12.2. The highest BCUT2D eigenvalue weighted by atomic mass is 16.5. The van der Waals surface area contributed by atoms with Gasteiger partial charge in [0.05, 0.1) is 12.6 Å². The third-order valence-corrected chi connectivity index (χ3v) is 6.99. The van der Waals surface area contributed by atoms with Crippen molar-refractivity contribution in [1.82, 2.24) is 20.2 Å². The van der Waals surface area contributed by atoms with Gasteiger partial charge in [0.2, 0.25) is 0 Å². The minimum Gasteiger partial charge on any atom is -0.368 e. The average molecular weight is 448 g/mol. The third-order valence-electron chi connectivity index (χ3n) is 6.99. The highest BCUT2D eigenvalue weighted by molar-refractivity contribution is 5.99. The number of morpholine rings is 1. The van der Waals surface area contributed by atoms with Gasteiger partial charge in [-0.05, 0) is 18.4 Å². The van der Waals surface area contributed by atoms with Gasteiger partial charge in [-0.15, -0.1) is 6.58 Å². The first-order valence-electron chi connectivity index (χ1n) is 12.2. The summed E-state index contributed by atoms with van der Waals surface area (Å²) in [6.07, 6.45) is 9.40. The van der Waals surface area contributed by atoms with E-state index in [-0.39, 0.29) is 18.1 Å². The van der Waals surface area contributed by atoms with E-state index in [9.17, 15) is 4.79 Å². The summed E-state index contributed by atoms with van der Waals surface area (Å²) in [6, 6.07) is 10.5. The molecule has 7 heteroatoms. The Balaban J connectivity index is 1.55. The molecule has 1 aliphatic carbocycles. The Morgan fingerprint density at radius 1 is 1.18 bits per heavy atom. The Morgan fingerprint density at radius 2 is 2.00 bits per heavy atom. The number of nitrogens with zero attached hydrogens (tertiary/aromatic N) is 4. The summed E-state index contributed by atoms with van der Waals surface area (Å²) in [7, 11) is 0. The molecule has 33 heavy (non-hydrogen) atoms. The van der Waals surface area contributed by atoms with E-state index < -0.39 is 0 Å². The molecule has 0 bridgehead atoms. The lowest BCUT2D eigenvalue weighted by Crippen LogP contribution is -2.48. The smallest absolute Gasteiger partial charge is 0.259 e. The van der Waals surface area contributed by atoms with Crippen LogP contribution in [-0.4, -0.2) is 59.1 Å². The minimum absolute atomic E-state index is 0.00448. The molecule has 2 fully saturated rings. The van der Waals surface area contributed by atoms with Crippen molar-refractivity contribution in [3.05, 3.63) is 66.1 Å². The van der Waals surface area contributed by atoms with E-state index >= 15 is 0 Å². The summed E-state index contributed by atoms with van der Waals surface area (Å²) in [5.41, 5.74) is 1.69. The molecular weight excluding hydrogens is 414 g/mol. The summed E-state index contributed by atoms with van der Waals surface area (Å²) in [5.74, 6) is 1.37. The number of benzene rings is 1. The zero-order valence-corrected chi connectivity index (χ0v) is 19.2. The van der Waals surface area contributed by atoms with E-state index in [0.29, 0.717) is 43.7 Å². The Bertz CT molecular complexity index is 970. The van der Waals surface area contributed by atoms with E-state index in [4.69, 9.17) is 9.72 Å². The molecule has 1 saturated carbocycles. The third kappa shape index (κ3) is 4.66. The van der Waals surface area contributed by atoms with E-state index in [0.717, 1.165) is 30.8 Å². The number of fused-ring (bicyclic) bond motifs is 1. The summed E-state index contributed by atoms with van der Waals surface area (Å²) in [4.78, 5) is 27.7. The van der Waals surface area contributed by atoms with E-state index in [2.05, 4.69) is 33.9 Å². The first kappa shape index (κ1) is 22.0. The predicted octanol–water partition coefficient (Wildman–Crippen LogP) is 3.49. The van der Waals surface area contributed by atoms with Crippen LogP contribution in [0.2, 0.25) is 0 Å². The number of anilines is 1. The van der Waals surface area contributed by atoms with Gasteiger partial charge in [-0.3, -0.25) is 4.79 Å². The van der Waals surface area contributed by atoms with Gasteiger partial charge in [-0.1, -0.05) is 55.7 Å². The molecule has 3 aliphatic rings. The van der Waals surface area contributed by atoms with Gasteiger partial charge >= 0.3 is 0 Å². The molecule has 1 aromatic heterocycles. The number of rotatable bonds is 5. The van der Waals surface area contributed by atoms with Crippen molar-refractivity contribution in [3.8, 4) is 0 Å². The van der Waals surface area contributed by atoms with Crippen molar-refractivity contribution < 1.29 is 9.53 Å². The van der Waals surface area contributed by atoms with Crippen LogP contribution in [0, 0.1) is 0 Å². The van der Waals surface area contributed by atoms with Gasteiger partial charge in [-0.25, -0.2) is 9.97 Å². The maximum absolute atomic E-state index is 13.8.